The second-order valence-electron chi connectivity index (χ2n) is 17.3. The predicted octanol–water partition coefficient (Wildman–Crippen LogP) is 6.36. The average Bonchev–Trinajstić information content (AvgIpc) is 3.56. The van der Waals surface area contributed by atoms with Crippen molar-refractivity contribution in [3.63, 3.8) is 0 Å². The van der Waals surface area contributed by atoms with Gasteiger partial charge in [0.2, 0.25) is 0 Å². The summed E-state index contributed by atoms with van der Waals surface area (Å²) in [5.41, 5.74) is 8.61. The zero-order valence-corrected chi connectivity index (χ0v) is 30.0. The molecule has 6 aliphatic carbocycles. The van der Waals surface area contributed by atoms with E-state index >= 15 is 0 Å². The molecule has 7 heteroatoms. The van der Waals surface area contributed by atoms with E-state index in [9.17, 15) is 19.8 Å². The van der Waals surface area contributed by atoms with Crippen molar-refractivity contribution in [3.05, 3.63) is 58.7 Å². The van der Waals surface area contributed by atoms with Crippen LogP contribution in [0.2, 0.25) is 0 Å². The van der Waals surface area contributed by atoms with Gasteiger partial charge < -0.3 is 25.4 Å². The maximum absolute atomic E-state index is 13.0. The predicted molar refractivity (Wildman–Crippen MR) is 194 cm³/mol. The lowest BCUT2D eigenvalue weighted by atomic mass is 9.53. The SMILES string of the molecule is C#C[C@]1(O)CC[C@H]2[C@@H]3CCc4cc(OC(=O)CC(N)C(=O)Oc5ccc6c(c5)CC[C@@H]5[C@@H]6CC[C@@]6(C)[C@H]5CC[C@@]6(O)C#C)ccc4[C@H]3CC[C@@]21C. The highest BCUT2D eigenvalue weighted by atomic mass is 16.5. The standard InChI is InChI=1S/C44H51NO6/c1-5-43(48)21-17-36-34-11-7-26-23-28(9-13-30(26)32(34)15-19-41(36,43)3)50-39(46)25-38(45)40(47)51-29-10-14-31-27(24-29)8-12-35-33(31)16-20-42(4)37(35)18-22-44(42,49)6-2/h1-2,9-10,13-14,23-24,32-38,48-49H,7-8,11-12,15-22,25,45H2,3-4H3/t32-,33-,34-,35-,36+,37+,38?,41+,42+,43+,44+/m1/s1. The van der Waals surface area contributed by atoms with E-state index in [0.29, 0.717) is 59.8 Å². The molecule has 2 aromatic carbocycles. The van der Waals surface area contributed by atoms with Crippen LogP contribution < -0.4 is 15.2 Å². The lowest BCUT2D eigenvalue weighted by molar-refractivity contribution is -0.142. The first-order valence-corrected chi connectivity index (χ1v) is 19.2. The molecule has 51 heavy (non-hydrogen) atoms. The Labute approximate surface area is 302 Å². The molecule has 4 saturated carbocycles. The molecule has 0 aliphatic heterocycles. The smallest absolute Gasteiger partial charge is 0.328 e. The first-order chi connectivity index (χ1) is 24.3. The van der Waals surface area contributed by atoms with Crippen LogP contribution in [0.5, 0.6) is 11.5 Å². The maximum atomic E-state index is 13.0. The number of hydrogen-bond acceptors (Lipinski definition) is 7. The van der Waals surface area contributed by atoms with Crippen molar-refractivity contribution < 1.29 is 29.3 Å². The summed E-state index contributed by atoms with van der Waals surface area (Å²) in [5.74, 6) is 7.69. The monoisotopic (exact) mass is 689 g/mol. The van der Waals surface area contributed by atoms with Crippen molar-refractivity contribution in [2.45, 2.75) is 126 Å². The lowest BCUT2D eigenvalue weighted by Gasteiger charge is -2.52. The Bertz CT molecular complexity index is 1860. The fraction of sp³-hybridized carbons (Fsp3) is 0.591. The minimum absolute atomic E-state index is 0.244. The molecule has 0 spiro atoms. The van der Waals surface area contributed by atoms with Gasteiger partial charge in [-0.15, -0.1) is 12.8 Å². The molecule has 0 aromatic heterocycles. The van der Waals surface area contributed by atoms with Crippen LogP contribution in [-0.4, -0.2) is 39.4 Å². The molecule has 4 N–H and O–H groups in total. The Hall–Kier alpha value is -3.62. The molecular weight excluding hydrogens is 638 g/mol. The number of aryl methyl sites for hydroxylation is 2. The second-order valence-corrected chi connectivity index (χ2v) is 17.3. The van der Waals surface area contributed by atoms with Gasteiger partial charge in [-0.25, -0.2) is 4.79 Å². The van der Waals surface area contributed by atoms with Crippen molar-refractivity contribution in [2.75, 3.05) is 0 Å². The molecule has 0 heterocycles. The molecule has 2 aromatic rings. The van der Waals surface area contributed by atoms with Gasteiger partial charge in [0.15, 0.2) is 0 Å². The highest BCUT2D eigenvalue weighted by molar-refractivity contribution is 5.84. The van der Waals surface area contributed by atoms with E-state index in [2.05, 4.69) is 37.8 Å². The van der Waals surface area contributed by atoms with Gasteiger partial charge in [0.25, 0.3) is 0 Å². The molecule has 0 saturated heterocycles. The zero-order chi connectivity index (χ0) is 35.9. The number of carbonyl (C=O) groups excluding carboxylic acids is 2. The third-order valence-corrected chi connectivity index (χ3v) is 15.3. The molecule has 7 nitrogen and oxygen atoms in total. The number of fused-ring (bicyclic) bond motifs is 10. The van der Waals surface area contributed by atoms with Gasteiger partial charge in [0, 0.05) is 10.8 Å². The fourth-order valence-electron chi connectivity index (χ4n) is 12.4. The van der Waals surface area contributed by atoms with Gasteiger partial charge in [-0.1, -0.05) is 37.8 Å². The van der Waals surface area contributed by atoms with E-state index in [0.717, 1.165) is 64.2 Å². The molecule has 0 radical (unpaired) electrons. The van der Waals surface area contributed by atoms with E-state index in [-0.39, 0.29) is 17.3 Å². The zero-order valence-electron chi connectivity index (χ0n) is 30.0. The first-order valence-electron chi connectivity index (χ1n) is 19.2. The third-order valence-electron chi connectivity index (χ3n) is 15.3. The van der Waals surface area contributed by atoms with Crippen molar-refractivity contribution in [3.8, 4) is 36.2 Å². The average molecular weight is 690 g/mol. The van der Waals surface area contributed by atoms with Crippen LogP contribution >= 0.6 is 0 Å². The molecule has 268 valence electrons. The van der Waals surface area contributed by atoms with E-state index in [1.807, 2.05) is 24.3 Å². The van der Waals surface area contributed by atoms with Crippen molar-refractivity contribution in [2.24, 2.45) is 40.2 Å². The number of esters is 2. The van der Waals surface area contributed by atoms with Crippen LogP contribution in [0, 0.1) is 59.2 Å². The number of terminal acetylenes is 2. The highest BCUT2D eigenvalue weighted by Gasteiger charge is 2.62. The Balaban J connectivity index is 0.869. The Kier molecular flexibility index (Phi) is 8.26. The number of carbonyl (C=O) groups is 2. The van der Waals surface area contributed by atoms with Gasteiger partial charge in [-0.2, -0.15) is 0 Å². The molecule has 1 unspecified atom stereocenters. The van der Waals surface area contributed by atoms with Crippen molar-refractivity contribution in [1.82, 2.24) is 0 Å². The number of nitrogens with two attached hydrogens (primary N) is 1. The number of hydrogen-bond donors (Lipinski definition) is 3. The molecule has 6 aliphatic rings. The molecular formula is C44H51NO6. The minimum Gasteiger partial charge on any atom is -0.426 e. The van der Waals surface area contributed by atoms with Gasteiger partial charge in [-0.05, 0) is 159 Å². The molecule has 0 bridgehead atoms. The summed E-state index contributed by atoms with van der Waals surface area (Å²) in [5, 5.41) is 22.4. The Morgan fingerprint density at radius 2 is 1.24 bits per heavy atom. The Morgan fingerprint density at radius 1 is 0.765 bits per heavy atom. The lowest BCUT2D eigenvalue weighted by Crippen LogP contribution is -2.50. The number of benzene rings is 2. The number of aliphatic hydroxyl groups is 2. The van der Waals surface area contributed by atoms with Crippen molar-refractivity contribution in [1.29, 1.82) is 0 Å². The minimum atomic E-state index is -1.16. The first kappa shape index (κ1) is 34.5. The van der Waals surface area contributed by atoms with Crippen LogP contribution in [-0.2, 0) is 22.4 Å². The summed E-state index contributed by atoms with van der Waals surface area (Å²) in [6.45, 7) is 4.37. The largest absolute Gasteiger partial charge is 0.426 e. The van der Waals surface area contributed by atoms with E-state index < -0.39 is 29.2 Å². The van der Waals surface area contributed by atoms with E-state index in [1.165, 1.54) is 22.3 Å². The van der Waals surface area contributed by atoms with Crippen LogP contribution in [0.3, 0.4) is 0 Å². The topological polar surface area (TPSA) is 119 Å². The van der Waals surface area contributed by atoms with Crippen LogP contribution in [0.25, 0.3) is 0 Å². The maximum Gasteiger partial charge on any atom is 0.328 e. The fourth-order valence-corrected chi connectivity index (χ4v) is 12.4. The molecule has 4 fully saturated rings. The molecule has 11 atom stereocenters. The Morgan fingerprint density at radius 3 is 1.71 bits per heavy atom. The van der Waals surface area contributed by atoms with Crippen LogP contribution in [0.15, 0.2) is 36.4 Å². The summed E-state index contributed by atoms with van der Waals surface area (Å²) in [7, 11) is 0. The summed E-state index contributed by atoms with van der Waals surface area (Å²) in [6.07, 6.45) is 22.1. The van der Waals surface area contributed by atoms with Gasteiger partial charge in [0.05, 0.1) is 6.42 Å². The van der Waals surface area contributed by atoms with Crippen LogP contribution in [0.4, 0.5) is 0 Å². The normalized spacial score (nSPS) is 39.4. The number of rotatable bonds is 5. The van der Waals surface area contributed by atoms with E-state index in [4.69, 9.17) is 28.1 Å². The van der Waals surface area contributed by atoms with Crippen molar-refractivity contribution >= 4 is 11.9 Å². The van der Waals surface area contributed by atoms with Gasteiger partial charge in [0.1, 0.15) is 28.7 Å². The number of ether oxygens (including phenoxy) is 2. The van der Waals surface area contributed by atoms with E-state index in [1.54, 1.807) is 0 Å². The van der Waals surface area contributed by atoms with Gasteiger partial charge in [-0.3, -0.25) is 4.79 Å². The summed E-state index contributed by atoms with van der Waals surface area (Å²) < 4.78 is 11.4. The summed E-state index contributed by atoms with van der Waals surface area (Å²) >= 11 is 0. The highest BCUT2D eigenvalue weighted by Crippen LogP contribution is 2.65. The molecule has 0 amide bonds. The van der Waals surface area contributed by atoms with Crippen LogP contribution in [0.1, 0.15) is 119 Å². The van der Waals surface area contributed by atoms with Gasteiger partial charge >= 0.3 is 11.9 Å². The second kappa shape index (κ2) is 12.2. The summed E-state index contributed by atoms with van der Waals surface area (Å²) in [4.78, 5) is 25.9. The quantitative estimate of drug-likeness (QED) is 0.190. The third kappa shape index (κ3) is 5.21. The molecule has 8 rings (SSSR count). The summed E-state index contributed by atoms with van der Waals surface area (Å²) in [6, 6.07) is 10.6.